The molecule has 0 aliphatic rings. The van der Waals surface area contributed by atoms with Crippen LogP contribution in [0.25, 0.3) is 0 Å². The Labute approximate surface area is 123 Å². The fourth-order valence-corrected chi connectivity index (χ4v) is 4.82. The molecule has 102 valence electrons. The van der Waals surface area contributed by atoms with Crippen molar-refractivity contribution >= 4 is 73.3 Å². The summed E-state index contributed by atoms with van der Waals surface area (Å²) in [6.45, 7) is 0. The fraction of sp³-hybridized carbons (Fsp3) is 0. The van der Waals surface area contributed by atoms with Crippen LogP contribution < -0.4 is 10.6 Å². The molecule has 0 spiro atoms. The number of rotatable bonds is 6. The second kappa shape index (κ2) is 6.91. The van der Waals surface area contributed by atoms with Gasteiger partial charge in [0.2, 0.25) is 0 Å². The van der Waals surface area contributed by atoms with Crippen LogP contribution >= 0.6 is 62.7 Å². The fourth-order valence-electron chi connectivity index (χ4n) is 1.10. The van der Waals surface area contributed by atoms with Crippen LogP contribution in [0.15, 0.2) is 24.3 Å². The Bertz CT molecular complexity index is 450. The van der Waals surface area contributed by atoms with E-state index in [9.17, 15) is 9.13 Å². The summed E-state index contributed by atoms with van der Waals surface area (Å²) in [5, 5.41) is -0.528. The summed E-state index contributed by atoms with van der Waals surface area (Å²) >= 11 is 20.2. The SMILES string of the molecule is O=P(OCl)(OCl)c1ccccc1P(=O)(OCl)OCl. The largest absolute Gasteiger partial charge is 0.394 e. The van der Waals surface area contributed by atoms with Gasteiger partial charge in [-0.05, 0) is 12.1 Å². The average molecular weight is 376 g/mol. The van der Waals surface area contributed by atoms with Gasteiger partial charge in [-0.25, -0.2) is 0 Å². The van der Waals surface area contributed by atoms with Gasteiger partial charge in [-0.2, -0.15) is 16.3 Å². The van der Waals surface area contributed by atoms with Crippen LogP contribution in [0.2, 0.25) is 0 Å². The Morgan fingerprint density at radius 3 is 1.22 bits per heavy atom. The third-order valence-electron chi connectivity index (χ3n) is 1.84. The molecule has 0 heterocycles. The zero-order valence-corrected chi connectivity index (χ0v) is 13.0. The van der Waals surface area contributed by atoms with E-state index in [1.54, 1.807) is 0 Å². The quantitative estimate of drug-likeness (QED) is 0.700. The van der Waals surface area contributed by atoms with Crippen molar-refractivity contribution in [2.75, 3.05) is 0 Å². The normalized spacial score (nSPS) is 12.7. The van der Waals surface area contributed by atoms with Crippen LogP contribution in [0.1, 0.15) is 0 Å². The van der Waals surface area contributed by atoms with E-state index in [0.29, 0.717) is 0 Å². The second-order valence-corrected chi connectivity index (χ2v) is 7.92. The molecule has 0 atom stereocenters. The summed E-state index contributed by atoms with van der Waals surface area (Å²) in [5.74, 6) is 0. The maximum atomic E-state index is 12.0. The van der Waals surface area contributed by atoms with E-state index in [2.05, 4.69) is 16.3 Å². The molecule has 0 aliphatic carbocycles. The first-order valence-electron chi connectivity index (χ1n) is 3.99. The molecule has 1 rings (SSSR count). The van der Waals surface area contributed by atoms with Gasteiger partial charge in [-0.1, -0.05) is 12.1 Å². The van der Waals surface area contributed by atoms with Crippen molar-refractivity contribution in [3.05, 3.63) is 24.3 Å². The molecule has 0 unspecified atom stereocenters. The van der Waals surface area contributed by atoms with Crippen molar-refractivity contribution in [2.24, 2.45) is 0 Å². The predicted octanol–water partition coefficient (Wildman–Crippen LogP) is 4.01. The maximum absolute atomic E-state index is 12.0. The summed E-state index contributed by atoms with van der Waals surface area (Å²) < 4.78 is 40.7. The summed E-state index contributed by atoms with van der Waals surface area (Å²) in [6.07, 6.45) is 0. The van der Waals surface area contributed by atoms with Crippen LogP contribution in [0.3, 0.4) is 0 Å². The third-order valence-corrected chi connectivity index (χ3v) is 6.88. The van der Waals surface area contributed by atoms with Crippen LogP contribution in [-0.4, -0.2) is 0 Å². The predicted molar refractivity (Wildman–Crippen MR) is 68.7 cm³/mol. The zero-order chi connectivity index (χ0) is 13.8. The molecule has 0 saturated carbocycles. The van der Waals surface area contributed by atoms with E-state index in [1.165, 1.54) is 24.3 Å². The van der Waals surface area contributed by atoms with Gasteiger partial charge in [-0.15, -0.1) is 0 Å². The lowest BCUT2D eigenvalue weighted by Gasteiger charge is -2.16. The smallest absolute Gasteiger partial charge is 0.252 e. The lowest BCUT2D eigenvalue weighted by Crippen LogP contribution is -2.25. The van der Waals surface area contributed by atoms with Gasteiger partial charge in [0.15, 0.2) is 0 Å². The van der Waals surface area contributed by atoms with Gasteiger partial charge in [0.25, 0.3) is 0 Å². The molecule has 0 aliphatic heterocycles. The van der Waals surface area contributed by atoms with E-state index in [-0.39, 0.29) is 10.6 Å². The molecule has 1 aromatic rings. The zero-order valence-electron chi connectivity index (χ0n) is 8.17. The molecule has 0 radical (unpaired) electrons. The van der Waals surface area contributed by atoms with Crippen molar-refractivity contribution in [3.63, 3.8) is 0 Å². The third kappa shape index (κ3) is 3.22. The van der Waals surface area contributed by atoms with E-state index in [1.807, 2.05) is 0 Å². The number of hydrogen-bond donors (Lipinski definition) is 0. The summed E-state index contributed by atoms with van der Waals surface area (Å²) in [7, 11) is -8.23. The van der Waals surface area contributed by atoms with Crippen LogP contribution in [0.4, 0.5) is 0 Å². The highest BCUT2D eigenvalue weighted by molar-refractivity contribution is 7.70. The van der Waals surface area contributed by atoms with Crippen molar-refractivity contribution in [1.82, 2.24) is 0 Å². The molecule has 0 fully saturated rings. The molecule has 0 saturated heterocycles. The molecule has 0 N–H and O–H groups in total. The van der Waals surface area contributed by atoms with Crippen molar-refractivity contribution in [1.29, 1.82) is 0 Å². The molecular formula is C6H4Cl4O6P2. The maximum Gasteiger partial charge on any atom is 0.394 e. The van der Waals surface area contributed by atoms with Gasteiger partial charge in [0, 0.05) is 0 Å². The van der Waals surface area contributed by atoms with Gasteiger partial charge in [-0.3, -0.25) is 9.13 Å². The molecule has 0 aromatic heterocycles. The monoisotopic (exact) mass is 374 g/mol. The second-order valence-electron chi connectivity index (χ2n) is 2.76. The highest BCUT2D eigenvalue weighted by Crippen LogP contribution is 2.55. The Morgan fingerprint density at radius 2 is 1.00 bits per heavy atom. The Morgan fingerprint density at radius 1 is 0.722 bits per heavy atom. The Hall–Kier alpha value is 0.680. The lowest BCUT2D eigenvalue weighted by molar-refractivity contribution is 0.424. The first kappa shape index (κ1) is 16.7. The minimum atomic E-state index is -4.11. The van der Waals surface area contributed by atoms with E-state index in [0.717, 1.165) is 0 Å². The van der Waals surface area contributed by atoms with Crippen molar-refractivity contribution < 1.29 is 25.4 Å². The van der Waals surface area contributed by atoms with E-state index >= 15 is 0 Å². The molecule has 1 aromatic carbocycles. The summed E-state index contributed by atoms with van der Waals surface area (Å²) in [5.41, 5.74) is 0. The molecular weight excluding hydrogens is 372 g/mol. The molecule has 0 bridgehead atoms. The summed E-state index contributed by atoms with van der Waals surface area (Å²) in [4.78, 5) is 0. The number of hydrogen-bond acceptors (Lipinski definition) is 6. The minimum absolute atomic E-state index is 0.264. The molecule has 6 nitrogen and oxygen atoms in total. The topological polar surface area (TPSA) is 71.1 Å². The highest BCUT2D eigenvalue weighted by Gasteiger charge is 2.39. The first-order valence-corrected chi connectivity index (χ1v) is 8.31. The standard InChI is InChI=1S/C6H4Cl4O6P2/c7-13-17(11,14-8)5-3-1-2-4-6(5)18(12,15-9)16-10/h1-4H. The summed E-state index contributed by atoms with van der Waals surface area (Å²) in [6, 6.07) is 5.31. The number of halogens is 4. The molecule has 12 heteroatoms. The average Bonchev–Trinajstić information content (AvgIpc) is 2.45. The van der Waals surface area contributed by atoms with Gasteiger partial charge in [0.1, 0.15) is 0 Å². The molecule has 18 heavy (non-hydrogen) atoms. The van der Waals surface area contributed by atoms with Crippen LogP contribution in [0, 0.1) is 0 Å². The van der Waals surface area contributed by atoms with Crippen molar-refractivity contribution in [2.45, 2.75) is 0 Å². The Balaban J connectivity index is 3.49. The minimum Gasteiger partial charge on any atom is -0.252 e. The first-order chi connectivity index (χ1) is 8.47. The highest BCUT2D eigenvalue weighted by atomic mass is 35.5. The van der Waals surface area contributed by atoms with Gasteiger partial charge >= 0.3 is 15.2 Å². The number of benzene rings is 1. The van der Waals surface area contributed by atoms with Gasteiger partial charge in [0.05, 0.1) is 58.1 Å². The van der Waals surface area contributed by atoms with Crippen LogP contribution in [0.5, 0.6) is 0 Å². The van der Waals surface area contributed by atoms with Crippen molar-refractivity contribution in [3.8, 4) is 0 Å². The lowest BCUT2D eigenvalue weighted by atomic mass is 10.4. The van der Waals surface area contributed by atoms with E-state index in [4.69, 9.17) is 47.5 Å². The van der Waals surface area contributed by atoms with Crippen LogP contribution in [-0.2, 0) is 25.4 Å². The molecule has 0 amide bonds. The Kier molecular flexibility index (Phi) is 6.42. The van der Waals surface area contributed by atoms with Gasteiger partial charge < -0.3 is 0 Å². The van der Waals surface area contributed by atoms with E-state index < -0.39 is 15.2 Å².